The highest BCUT2D eigenvalue weighted by Crippen LogP contribution is 2.32. The van der Waals surface area contributed by atoms with Crippen LogP contribution in [0.4, 0.5) is 18.0 Å². The lowest BCUT2D eigenvalue weighted by molar-refractivity contribution is -0.137. The van der Waals surface area contributed by atoms with Crippen LogP contribution in [0.25, 0.3) is 10.8 Å². The molecule has 5 aromatic rings. The van der Waals surface area contributed by atoms with Crippen LogP contribution in [-0.4, -0.2) is 128 Å². The van der Waals surface area contributed by atoms with Crippen LogP contribution in [0.15, 0.2) is 99.6 Å². The van der Waals surface area contributed by atoms with Crippen LogP contribution in [0, 0.1) is 12.8 Å². The first-order valence-electron chi connectivity index (χ1n) is 23.7. The minimum Gasteiger partial charge on any atom is -0.490 e. The number of alkyl halides is 3. The van der Waals surface area contributed by atoms with E-state index in [0.29, 0.717) is 67.7 Å². The Balaban J connectivity index is 0.000000495. The molecule has 2 unspecified atom stereocenters. The first kappa shape index (κ1) is 60.1. The quantitative estimate of drug-likeness (QED) is 0.102. The molecule has 3 saturated heterocycles. The molecule has 74 heavy (non-hydrogen) atoms. The van der Waals surface area contributed by atoms with Gasteiger partial charge in [-0.1, -0.05) is 47.8 Å². The summed E-state index contributed by atoms with van der Waals surface area (Å²) >= 11 is 18.1. The highest BCUT2D eigenvalue weighted by Gasteiger charge is 2.33. The highest BCUT2D eigenvalue weighted by molar-refractivity contribution is 7.84. The van der Waals surface area contributed by atoms with Crippen molar-refractivity contribution in [2.75, 3.05) is 58.6 Å². The number of fused-ring (bicyclic) bond motifs is 1. The molecule has 0 radical (unpaired) electrons. The molecule has 3 fully saturated rings. The van der Waals surface area contributed by atoms with E-state index in [1.807, 2.05) is 25.1 Å². The molecule has 4 heterocycles. The molecule has 7 N–H and O–H groups in total. The summed E-state index contributed by atoms with van der Waals surface area (Å²) in [5.74, 6) is 1.58. The first-order valence-corrected chi connectivity index (χ1v) is 27.6. The molecule has 3 aliphatic heterocycles. The molecule has 4 aromatic carbocycles. The number of piperidine rings is 3. The summed E-state index contributed by atoms with van der Waals surface area (Å²) in [6.07, 6.45) is 3.91. The molecule has 1 aromatic heterocycles. The molecular formula is C51H68Cl3F3N6O9S2. The van der Waals surface area contributed by atoms with E-state index in [0.717, 1.165) is 94.7 Å². The molecule has 15 nitrogen and oxygen atoms in total. The van der Waals surface area contributed by atoms with Crippen molar-refractivity contribution in [1.82, 2.24) is 29.7 Å². The van der Waals surface area contributed by atoms with Crippen molar-refractivity contribution in [2.45, 2.75) is 86.6 Å². The van der Waals surface area contributed by atoms with Crippen molar-refractivity contribution in [2.24, 2.45) is 5.92 Å². The number of nitrogens with one attached hydrogen (secondary N) is 3. The van der Waals surface area contributed by atoms with Gasteiger partial charge in [-0.2, -0.15) is 13.2 Å². The largest absolute Gasteiger partial charge is 0.490 e. The summed E-state index contributed by atoms with van der Waals surface area (Å²) in [7, 11) is -3.29. The van der Waals surface area contributed by atoms with Gasteiger partial charge in [0.2, 0.25) is 0 Å². The van der Waals surface area contributed by atoms with E-state index in [4.69, 9.17) is 44.3 Å². The number of aromatic amines is 1. The van der Waals surface area contributed by atoms with Crippen LogP contribution in [0.3, 0.4) is 0 Å². The first-order chi connectivity index (χ1) is 34.3. The summed E-state index contributed by atoms with van der Waals surface area (Å²) in [5, 5.41) is 5.58. The Morgan fingerprint density at radius 3 is 2.14 bits per heavy atom. The lowest BCUT2D eigenvalue weighted by atomic mass is 9.99. The Bertz CT molecular complexity index is 2840. The number of likely N-dealkylation sites (tertiary alicyclic amines) is 3. The molecular weight excluding hydrogens is 1070 g/mol. The third-order valence-corrected chi connectivity index (χ3v) is 16.0. The average molecular weight is 1140 g/mol. The summed E-state index contributed by atoms with van der Waals surface area (Å²) < 4.78 is 77.6. The van der Waals surface area contributed by atoms with Gasteiger partial charge in [-0.25, -0.2) is 9.00 Å². The number of amides is 3. The number of rotatable bonds is 13. The number of pyridine rings is 1. The Hall–Kier alpha value is -4.77. The van der Waals surface area contributed by atoms with Crippen molar-refractivity contribution in [3.8, 4) is 11.5 Å². The fraction of sp³-hybridized carbons (Fsp3) is 0.431. The third-order valence-electron chi connectivity index (χ3n) is 13.1. The second-order valence-electron chi connectivity index (χ2n) is 18.4. The number of H-pyrrole nitrogens is 1. The van der Waals surface area contributed by atoms with E-state index in [2.05, 4.69) is 31.7 Å². The van der Waals surface area contributed by atoms with Crippen molar-refractivity contribution in [1.29, 1.82) is 0 Å². The summed E-state index contributed by atoms with van der Waals surface area (Å²) in [5.41, 5.74) is 0.236. The fourth-order valence-electron chi connectivity index (χ4n) is 9.13. The number of carbonyl (C=O) groups excluding carboxylic acids is 2. The van der Waals surface area contributed by atoms with Gasteiger partial charge >= 0.3 is 12.2 Å². The van der Waals surface area contributed by atoms with E-state index < -0.39 is 39.6 Å². The fourth-order valence-corrected chi connectivity index (χ4v) is 11.0. The van der Waals surface area contributed by atoms with Gasteiger partial charge in [0.05, 0.1) is 26.1 Å². The summed E-state index contributed by atoms with van der Waals surface area (Å²) in [4.78, 5) is 47.2. The zero-order chi connectivity index (χ0) is 51.7. The normalized spacial score (nSPS) is 17.4. The number of urea groups is 1. The predicted octanol–water partition coefficient (Wildman–Crippen LogP) is 8.98. The lowest BCUT2D eigenvalue weighted by Gasteiger charge is -2.41. The van der Waals surface area contributed by atoms with Gasteiger partial charge < -0.3 is 40.5 Å². The van der Waals surface area contributed by atoms with Gasteiger partial charge in [0.1, 0.15) is 23.7 Å². The minimum atomic E-state index is -4.55. The molecule has 3 atom stereocenters. The molecule has 0 bridgehead atoms. The molecule has 3 aliphatic rings. The Morgan fingerprint density at radius 2 is 1.49 bits per heavy atom. The van der Waals surface area contributed by atoms with Crippen LogP contribution in [0.2, 0.25) is 15.1 Å². The van der Waals surface area contributed by atoms with Crippen molar-refractivity contribution < 1.29 is 55.9 Å². The third kappa shape index (κ3) is 16.4. The molecule has 0 saturated carbocycles. The molecule has 3 amide bonds. The number of carbonyl (C=O) groups is 2. The smallest absolute Gasteiger partial charge is 0.416 e. The van der Waals surface area contributed by atoms with Crippen molar-refractivity contribution >= 4 is 79.3 Å². The number of aromatic nitrogens is 1. The number of halogens is 6. The Morgan fingerprint density at radius 1 is 0.811 bits per heavy atom. The van der Waals surface area contributed by atoms with E-state index in [1.54, 1.807) is 47.6 Å². The number of hydrogen-bond acceptors (Lipinski definition) is 9. The predicted molar refractivity (Wildman–Crippen MR) is 291 cm³/mol. The van der Waals surface area contributed by atoms with Gasteiger partial charge in [0.25, 0.3) is 11.5 Å². The monoisotopic (exact) mass is 1130 g/mol. The molecule has 410 valence electrons. The van der Waals surface area contributed by atoms with E-state index in [1.165, 1.54) is 18.3 Å². The maximum Gasteiger partial charge on any atom is 0.416 e. The number of nitrogens with zero attached hydrogens (tertiary/aromatic N) is 3. The van der Waals surface area contributed by atoms with Gasteiger partial charge in [-0.15, -0.1) is 0 Å². The van der Waals surface area contributed by atoms with Crippen LogP contribution in [-0.2, 0) is 28.0 Å². The average Bonchev–Trinajstić information content (AvgIpc) is 3.36. The summed E-state index contributed by atoms with van der Waals surface area (Å²) in [6, 6.07) is 19.8. The second-order valence-corrected chi connectivity index (χ2v) is 22.2. The van der Waals surface area contributed by atoms with Crippen LogP contribution < -0.4 is 25.1 Å². The molecule has 23 heteroatoms. The van der Waals surface area contributed by atoms with Crippen LogP contribution in [0.5, 0.6) is 11.5 Å². The van der Waals surface area contributed by atoms with Gasteiger partial charge in [0.15, 0.2) is 11.0 Å². The second kappa shape index (κ2) is 27.3. The topological polar surface area (TPSA) is 216 Å². The standard InChI is InChI=1S/C27H32ClN3O4S.C24H26Cl2F3N3O3S.2H2O.3H2/c1-17(16-31-10-8-20(9-11-31)35-25-7-4-19(28)12-18(25)2)14-29-27(33)24-15-30-26(32)22-6-5-21(36(3)34)13-23(22)24;25-21-5-4-19(15-22(21)26)35-18-8-12-31(13-9-18)17-6-10-32(11-7-17)23(33)30-36(34)20-3-1-2-16(14-20)24(27,28)29;;;;;/h4-7,12-13,15,17,20H,8-11,14,16H2,1-3H3,(H,29,33)(H,30,32);1-5,14-15,17-18H,6-13H2,(H,30,33);2*1H2;3*1H/t17-,36?;;;;;;/m1....../s1. The van der Waals surface area contributed by atoms with Crippen LogP contribution in [0.1, 0.15) is 71.2 Å². The van der Waals surface area contributed by atoms with Gasteiger partial charge in [-0.05, 0) is 124 Å². The Kier molecular flexibility index (Phi) is 22.2. The maximum absolute atomic E-state index is 13.0. The van der Waals surface area contributed by atoms with E-state index in [-0.39, 0.29) is 49.7 Å². The van der Waals surface area contributed by atoms with E-state index >= 15 is 0 Å². The van der Waals surface area contributed by atoms with Gasteiger partial charge in [-0.3, -0.25) is 23.4 Å². The minimum absolute atomic E-state index is 0. The SMILES string of the molecule is Cc1cc(Cl)ccc1OC1CCN(C[C@H](C)CNC(=O)c2c[nH]c(=O)c3ccc(S(C)=O)cc23)CC1.O.O.O=C(NS(=O)c1cccc(C(F)(F)F)c1)N1CCC(N2CCC(Oc3ccc(Cl)c(Cl)c3)CC2)CC1.[HH].[HH].[HH]. The lowest BCUT2D eigenvalue weighted by Crippen LogP contribution is -2.52. The zero-order valence-electron chi connectivity index (χ0n) is 41.1. The number of ether oxygens (including phenoxy) is 2. The zero-order valence-corrected chi connectivity index (χ0v) is 45.0. The molecule has 0 aliphatic carbocycles. The highest BCUT2D eigenvalue weighted by atomic mass is 35.5. The number of aryl methyl sites for hydroxylation is 1. The Labute approximate surface area is 452 Å². The molecule has 0 spiro atoms. The van der Waals surface area contributed by atoms with Gasteiger partial charge in [0, 0.05) is 113 Å². The molecule has 8 rings (SSSR count). The number of benzene rings is 4. The van der Waals surface area contributed by atoms with Crippen molar-refractivity contribution in [3.05, 3.63) is 127 Å². The van der Waals surface area contributed by atoms with Crippen molar-refractivity contribution in [3.63, 3.8) is 0 Å². The number of hydrogen-bond donors (Lipinski definition) is 3. The van der Waals surface area contributed by atoms with E-state index in [9.17, 15) is 36.0 Å². The maximum atomic E-state index is 13.0. The van der Waals surface area contributed by atoms with Crippen LogP contribution >= 0.6 is 34.8 Å². The summed E-state index contributed by atoms with van der Waals surface area (Å²) in [6.45, 7) is 10.1.